The second-order valence-electron chi connectivity index (χ2n) is 5.58. The molecule has 2 aromatic carbocycles. The molecule has 122 valence electrons. The number of phenolic OH excluding ortho intramolecular Hbond substituents is 1. The molecular weight excluding hydrogens is 326 g/mol. The minimum absolute atomic E-state index is 0.158. The second-order valence-corrected chi connectivity index (χ2v) is 5.99. The number of nitrogens with zero attached hydrogens (tertiary/aromatic N) is 1. The SMILES string of the molecule is Cc1cc(C)c(O)c(-c2cc(C(=O)Nc3ccccc3Cl)[nH]n2)c1. The third-order valence-electron chi connectivity index (χ3n) is 3.67. The van der Waals surface area contributed by atoms with E-state index in [9.17, 15) is 9.90 Å². The molecule has 24 heavy (non-hydrogen) atoms. The highest BCUT2D eigenvalue weighted by Gasteiger charge is 2.15. The Balaban J connectivity index is 1.89. The number of H-pyrrole nitrogens is 1. The molecular formula is C18H16ClN3O2. The standard InChI is InChI=1S/C18H16ClN3O2/c1-10-7-11(2)17(23)12(8-10)15-9-16(22-21-15)18(24)20-14-6-4-3-5-13(14)19/h3-9,23H,1-2H3,(H,20,24)(H,21,22). The van der Waals surface area contributed by atoms with Crippen LogP contribution in [-0.4, -0.2) is 21.2 Å². The zero-order chi connectivity index (χ0) is 17.3. The van der Waals surface area contributed by atoms with Crippen molar-refractivity contribution in [1.82, 2.24) is 10.2 Å². The van der Waals surface area contributed by atoms with Crippen LogP contribution in [0, 0.1) is 13.8 Å². The lowest BCUT2D eigenvalue weighted by atomic mass is 10.0. The van der Waals surface area contributed by atoms with Crippen LogP contribution in [0.5, 0.6) is 5.75 Å². The maximum absolute atomic E-state index is 12.3. The number of carbonyl (C=O) groups excluding carboxylic acids is 1. The van der Waals surface area contributed by atoms with Gasteiger partial charge in [-0.05, 0) is 49.2 Å². The highest BCUT2D eigenvalue weighted by Crippen LogP contribution is 2.32. The Kier molecular flexibility index (Phi) is 4.27. The number of benzene rings is 2. The molecule has 0 aliphatic carbocycles. The molecule has 0 aliphatic rings. The summed E-state index contributed by atoms with van der Waals surface area (Å²) in [5.74, 6) is -0.198. The molecule has 1 heterocycles. The number of carbonyl (C=O) groups is 1. The highest BCUT2D eigenvalue weighted by molar-refractivity contribution is 6.33. The summed E-state index contributed by atoms with van der Waals surface area (Å²) in [6, 6.07) is 12.3. The van der Waals surface area contributed by atoms with E-state index in [0.717, 1.165) is 11.1 Å². The third-order valence-corrected chi connectivity index (χ3v) is 3.99. The number of hydrogen-bond donors (Lipinski definition) is 3. The summed E-state index contributed by atoms with van der Waals surface area (Å²) in [7, 11) is 0. The van der Waals surface area contributed by atoms with Crippen LogP contribution in [-0.2, 0) is 0 Å². The van der Waals surface area contributed by atoms with Crippen molar-refractivity contribution in [3.05, 3.63) is 64.3 Å². The second kappa shape index (κ2) is 6.37. The molecule has 0 saturated heterocycles. The first-order valence-corrected chi connectivity index (χ1v) is 7.75. The van der Waals surface area contributed by atoms with E-state index in [1.165, 1.54) is 0 Å². The Morgan fingerprint density at radius 1 is 1.21 bits per heavy atom. The minimum Gasteiger partial charge on any atom is -0.507 e. The van der Waals surface area contributed by atoms with Crippen molar-refractivity contribution < 1.29 is 9.90 Å². The van der Waals surface area contributed by atoms with Gasteiger partial charge in [0.15, 0.2) is 0 Å². The average Bonchev–Trinajstić information content (AvgIpc) is 3.03. The summed E-state index contributed by atoms with van der Waals surface area (Å²) in [4.78, 5) is 12.3. The zero-order valence-electron chi connectivity index (χ0n) is 13.2. The maximum atomic E-state index is 12.3. The van der Waals surface area contributed by atoms with E-state index in [4.69, 9.17) is 11.6 Å². The van der Waals surface area contributed by atoms with Gasteiger partial charge in [0.1, 0.15) is 11.4 Å². The van der Waals surface area contributed by atoms with Crippen molar-refractivity contribution in [3.63, 3.8) is 0 Å². The third kappa shape index (κ3) is 3.12. The van der Waals surface area contributed by atoms with Crippen LogP contribution in [0.2, 0.25) is 5.02 Å². The molecule has 1 amide bonds. The highest BCUT2D eigenvalue weighted by atomic mass is 35.5. The molecule has 5 nitrogen and oxygen atoms in total. The fourth-order valence-electron chi connectivity index (χ4n) is 2.48. The zero-order valence-corrected chi connectivity index (χ0v) is 14.0. The Labute approximate surface area is 144 Å². The summed E-state index contributed by atoms with van der Waals surface area (Å²) in [6.45, 7) is 3.76. The lowest BCUT2D eigenvalue weighted by Gasteiger charge is -2.06. The van der Waals surface area contributed by atoms with Crippen molar-refractivity contribution in [2.45, 2.75) is 13.8 Å². The van der Waals surface area contributed by atoms with Crippen molar-refractivity contribution in [2.24, 2.45) is 0 Å². The van der Waals surface area contributed by atoms with Crippen LogP contribution in [0.3, 0.4) is 0 Å². The Morgan fingerprint density at radius 2 is 1.96 bits per heavy atom. The largest absolute Gasteiger partial charge is 0.507 e. The molecule has 0 spiro atoms. The molecule has 0 atom stereocenters. The van der Waals surface area contributed by atoms with Gasteiger partial charge in [-0.2, -0.15) is 5.10 Å². The molecule has 6 heteroatoms. The van der Waals surface area contributed by atoms with Crippen LogP contribution in [0.25, 0.3) is 11.3 Å². The van der Waals surface area contributed by atoms with Crippen LogP contribution in [0.4, 0.5) is 5.69 Å². The molecule has 1 aromatic heterocycles. The van der Waals surface area contributed by atoms with E-state index in [1.807, 2.05) is 26.0 Å². The molecule has 0 unspecified atom stereocenters. The van der Waals surface area contributed by atoms with Crippen molar-refractivity contribution >= 4 is 23.2 Å². The van der Waals surface area contributed by atoms with Crippen molar-refractivity contribution in [3.8, 4) is 17.0 Å². The number of aromatic hydroxyl groups is 1. The molecule has 3 aromatic rings. The topological polar surface area (TPSA) is 78.0 Å². The number of anilines is 1. The number of aryl methyl sites for hydroxylation is 2. The maximum Gasteiger partial charge on any atom is 0.273 e. The smallest absolute Gasteiger partial charge is 0.273 e. The Bertz CT molecular complexity index is 918. The summed E-state index contributed by atoms with van der Waals surface area (Å²) in [5.41, 5.74) is 3.66. The van der Waals surface area contributed by atoms with E-state index in [2.05, 4.69) is 15.5 Å². The summed E-state index contributed by atoms with van der Waals surface area (Å²) < 4.78 is 0. The monoisotopic (exact) mass is 341 g/mol. The van der Waals surface area contributed by atoms with E-state index >= 15 is 0 Å². The van der Waals surface area contributed by atoms with Gasteiger partial charge >= 0.3 is 0 Å². The predicted molar refractivity (Wildman–Crippen MR) is 94.6 cm³/mol. The molecule has 0 saturated carbocycles. The lowest BCUT2D eigenvalue weighted by Crippen LogP contribution is -2.12. The van der Waals surface area contributed by atoms with E-state index < -0.39 is 0 Å². The number of aromatic nitrogens is 2. The number of para-hydroxylation sites is 1. The van der Waals surface area contributed by atoms with Crippen LogP contribution in [0.1, 0.15) is 21.6 Å². The molecule has 3 N–H and O–H groups in total. The number of rotatable bonds is 3. The fourth-order valence-corrected chi connectivity index (χ4v) is 2.67. The van der Waals surface area contributed by atoms with Gasteiger partial charge in [-0.15, -0.1) is 0 Å². The number of aromatic amines is 1. The van der Waals surface area contributed by atoms with Gasteiger partial charge in [0.05, 0.1) is 16.4 Å². The van der Waals surface area contributed by atoms with Gasteiger partial charge in [-0.1, -0.05) is 29.8 Å². The van der Waals surface area contributed by atoms with Crippen LogP contribution in [0.15, 0.2) is 42.5 Å². The number of hydrogen-bond acceptors (Lipinski definition) is 3. The molecule has 0 radical (unpaired) electrons. The lowest BCUT2D eigenvalue weighted by molar-refractivity contribution is 0.102. The van der Waals surface area contributed by atoms with E-state index in [0.29, 0.717) is 22.0 Å². The van der Waals surface area contributed by atoms with Gasteiger partial charge in [-0.3, -0.25) is 9.89 Å². The fraction of sp³-hybridized carbons (Fsp3) is 0.111. The number of nitrogens with one attached hydrogen (secondary N) is 2. The van der Waals surface area contributed by atoms with Crippen molar-refractivity contribution in [1.29, 1.82) is 0 Å². The van der Waals surface area contributed by atoms with E-state index in [1.54, 1.807) is 30.3 Å². The Hall–Kier alpha value is -2.79. The molecule has 0 aliphatic heterocycles. The number of phenols is 1. The van der Waals surface area contributed by atoms with E-state index in [-0.39, 0.29) is 17.4 Å². The first kappa shape index (κ1) is 16.1. The molecule has 0 bridgehead atoms. The molecule has 3 rings (SSSR count). The number of amides is 1. The van der Waals surface area contributed by atoms with Gasteiger partial charge in [0, 0.05) is 5.56 Å². The van der Waals surface area contributed by atoms with Gasteiger partial charge in [0.25, 0.3) is 5.91 Å². The average molecular weight is 342 g/mol. The first-order valence-electron chi connectivity index (χ1n) is 7.37. The van der Waals surface area contributed by atoms with Crippen LogP contribution < -0.4 is 5.32 Å². The molecule has 0 fully saturated rings. The summed E-state index contributed by atoms with van der Waals surface area (Å²) in [6.07, 6.45) is 0. The van der Waals surface area contributed by atoms with Crippen LogP contribution >= 0.6 is 11.6 Å². The van der Waals surface area contributed by atoms with Gasteiger partial charge in [0.2, 0.25) is 0 Å². The normalized spacial score (nSPS) is 10.6. The quantitative estimate of drug-likeness (QED) is 0.664. The summed E-state index contributed by atoms with van der Waals surface area (Å²) in [5, 5.41) is 20.2. The first-order chi connectivity index (χ1) is 11.5. The minimum atomic E-state index is -0.356. The summed E-state index contributed by atoms with van der Waals surface area (Å²) >= 11 is 6.04. The predicted octanol–water partition coefficient (Wildman–Crippen LogP) is 4.30. The van der Waals surface area contributed by atoms with Crippen molar-refractivity contribution in [2.75, 3.05) is 5.32 Å². The van der Waals surface area contributed by atoms with Gasteiger partial charge in [-0.25, -0.2) is 0 Å². The Morgan fingerprint density at radius 3 is 2.71 bits per heavy atom. The van der Waals surface area contributed by atoms with Gasteiger partial charge < -0.3 is 10.4 Å². The number of halogens is 1.